The van der Waals surface area contributed by atoms with Crippen molar-refractivity contribution in [3.05, 3.63) is 70.5 Å². The predicted octanol–water partition coefficient (Wildman–Crippen LogP) is 5.56. The van der Waals surface area contributed by atoms with Gasteiger partial charge in [-0.1, -0.05) is 44.2 Å². The average molecular weight is 299 g/mol. The molecule has 0 aliphatic carbocycles. The van der Waals surface area contributed by atoms with E-state index in [-0.39, 0.29) is 5.56 Å². The van der Waals surface area contributed by atoms with E-state index in [0.717, 1.165) is 11.6 Å². The lowest BCUT2D eigenvalue weighted by Gasteiger charge is -2.13. The smallest absolute Gasteiger partial charge is 0.194 e. The molecular formula is C16H14ClF3. The van der Waals surface area contributed by atoms with Gasteiger partial charge in [0.1, 0.15) is 0 Å². The van der Waals surface area contributed by atoms with Crippen LogP contribution in [-0.4, -0.2) is 0 Å². The lowest BCUT2D eigenvalue weighted by Crippen LogP contribution is -2.02. The van der Waals surface area contributed by atoms with Gasteiger partial charge in [0.2, 0.25) is 0 Å². The van der Waals surface area contributed by atoms with Crippen LogP contribution in [0.25, 0.3) is 0 Å². The Kier molecular flexibility index (Phi) is 4.39. The van der Waals surface area contributed by atoms with Gasteiger partial charge in [0.25, 0.3) is 0 Å². The highest BCUT2D eigenvalue weighted by molar-refractivity contribution is 6.22. The maximum atomic E-state index is 13.7. The molecule has 2 aromatic carbocycles. The largest absolute Gasteiger partial charge is 0.204 e. The van der Waals surface area contributed by atoms with Crippen LogP contribution in [0.5, 0.6) is 0 Å². The summed E-state index contributed by atoms with van der Waals surface area (Å²) in [6, 6.07) is 9.38. The number of hydrogen-bond donors (Lipinski definition) is 0. The van der Waals surface area contributed by atoms with E-state index in [1.54, 1.807) is 12.1 Å². The number of benzene rings is 2. The summed E-state index contributed by atoms with van der Waals surface area (Å²) in [5.41, 5.74) is 1.70. The van der Waals surface area contributed by atoms with Crippen molar-refractivity contribution in [2.45, 2.75) is 25.1 Å². The first kappa shape index (κ1) is 14.9. The van der Waals surface area contributed by atoms with Crippen LogP contribution in [0.1, 0.15) is 41.8 Å². The Bertz CT molecular complexity index is 606. The van der Waals surface area contributed by atoms with Crippen molar-refractivity contribution >= 4 is 11.6 Å². The van der Waals surface area contributed by atoms with E-state index >= 15 is 0 Å². The number of rotatable bonds is 3. The minimum Gasteiger partial charge on any atom is -0.204 e. The molecule has 0 spiro atoms. The maximum absolute atomic E-state index is 13.7. The van der Waals surface area contributed by atoms with Gasteiger partial charge in [-0.05, 0) is 23.1 Å². The number of alkyl halides is 1. The zero-order valence-corrected chi connectivity index (χ0v) is 11.9. The van der Waals surface area contributed by atoms with Crippen LogP contribution in [0.15, 0.2) is 36.4 Å². The fraction of sp³-hybridized carbons (Fsp3) is 0.250. The van der Waals surface area contributed by atoms with Gasteiger partial charge in [0.05, 0.1) is 5.38 Å². The molecular weight excluding hydrogens is 285 g/mol. The van der Waals surface area contributed by atoms with Crippen LogP contribution in [0.4, 0.5) is 13.2 Å². The quantitative estimate of drug-likeness (QED) is 0.514. The average Bonchev–Trinajstić information content (AvgIpc) is 2.44. The molecule has 0 saturated carbocycles. The lowest BCUT2D eigenvalue weighted by atomic mass is 9.98. The first-order valence-corrected chi connectivity index (χ1v) is 6.72. The summed E-state index contributed by atoms with van der Waals surface area (Å²) in [5.74, 6) is -3.58. The maximum Gasteiger partial charge on any atom is 0.194 e. The van der Waals surface area contributed by atoms with Gasteiger partial charge in [0.15, 0.2) is 17.5 Å². The van der Waals surface area contributed by atoms with Crippen molar-refractivity contribution in [1.29, 1.82) is 0 Å². The van der Waals surface area contributed by atoms with Crippen LogP contribution in [-0.2, 0) is 0 Å². The van der Waals surface area contributed by atoms with Crippen molar-refractivity contribution in [2.24, 2.45) is 0 Å². The zero-order valence-electron chi connectivity index (χ0n) is 11.1. The Labute approximate surface area is 121 Å². The molecule has 106 valence electrons. The molecule has 0 aromatic heterocycles. The van der Waals surface area contributed by atoms with E-state index in [9.17, 15) is 13.2 Å². The lowest BCUT2D eigenvalue weighted by molar-refractivity contribution is 0.441. The molecule has 2 rings (SSSR count). The molecule has 2 aromatic rings. The minimum absolute atomic E-state index is 0.0668. The number of hydrogen-bond acceptors (Lipinski definition) is 0. The van der Waals surface area contributed by atoms with Gasteiger partial charge in [-0.25, -0.2) is 13.2 Å². The van der Waals surface area contributed by atoms with E-state index in [4.69, 9.17) is 11.6 Å². The summed E-state index contributed by atoms with van der Waals surface area (Å²) < 4.78 is 39.8. The van der Waals surface area contributed by atoms with Crippen LogP contribution in [0.3, 0.4) is 0 Å². The highest BCUT2D eigenvalue weighted by Gasteiger charge is 2.20. The summed E-state index contributed by atoms with van der Waals surface area (Å²) in [5, 5.41) is -0.855. The highest BCUT2D eigenvalue weighted by Crippen LogP contribution is 2.32. The Balaban J connectivity index is 2.36. The Morgan fingerprint density at radius 2 is 1.35 bits per heavy atom. The summed E-state index contributed by atoms with van der Waals surface area (Å²) in [4.78, 5) is 0. The Morgan fingerprint density at radius 3 is 1.90 bits per heavy atom. The third-order valence-electron chi connectivity index (χ3n) is 3.23. The second-order valence-electron chi connectivity index (χ2n) is 4.95. The molecule has 0 saturated heterocycles. The highest BCUT2D eigenvalue weighted by atomic mass is 35.5. The van der Waals surface area contributed by atoms with Crippen LogP contribution < -0.4 is 0 Å². The molecule has 0 nitrogen and oxygen atoms in total. The molecule has 4 heteroatoms. The van der Waals surface area contributed by atoms with Crippen molar-refractivity contribution in [3.8, 4) is 0 Å². The third-order valence-corrected chi connectivity index (χ3v) is 3.72. The van der Waals surface area contributed by atoms with Crippen LogP contribution in [0.2, 0.25) is 0 Å². The summed E-state index contributed by atoms with van der Waals surface area (Å²) >= 11 is 6.16. The summed E-state index contributed by atoms with van der Waals surface area (Å²) in [6.07, 6.45) is 0. The van der Waals surface area contributed by atoms with Crippen LogP contribution in [0, 0.1) is 17.5 Å². The van der Waals surface area contributed by atoms with E-state index in [1.807, 2.05) is 12.1 Å². The summed E-state index contributed by atoms with van der Waals surface area (Å²) in [7, 11) is 0. The van der Waals surface area contributed by atoms with Gasteiger partial charge in [-0.3, -0.25) is 0 Å². The first-order chi connectivity index (χ1) is 9.41. The minimum atomic E-state index is -1.49. The van der Waals surface area contributed by atoms with Crippen molar-refractivity contribution < 1.29 is 13.2 Å². The van der Waals surface area contributed by atoms with E-state index in [0.29, 0.717) is 11.5 Å². The summed E-state index contributed by atoms with van der Waals surface area (Å²) in [6.45, 7) is 4.12. The normalized spacial score (nSPS) is 12.8. The Hall–Kier alpha value is -1.48. The van der Waals surface area contributed by atoms with Crippen molar-refractivity contribution in [2.75, 3.05) is 0 Å². The van der Waals surface area contributed by atoms with Gasteiger partial charge >= 0.3 is 0 Å². The third kappa shape index (κ3) is 2.83. The molecule has 0 aliphatic rings. The molecule has 0 N–H and O–H groups in total. The fourth-order valence-electron chi connectivity index (χ4n) is 1.97. The molecule has 0 fully saturated rings. The van der Waals surface area contributed by atoms with Crippen molar-refractivity contribution in [1.82, 2.24) is 0 Å². The second-order valence-corrected chi connectivity index (χ2v) is 5.38. The molecule has 20 heavy (non-hydrogen) atoms. The van der Waals surface area contributed by atoms with E-state index in [1.165, 1.54) is 6.07 Å². The van der Waals surface area contributed by atoms with Gasteiger partial charge in [-0.15, -0.1) is 11.6 Å². The molecule has 0 amide bonds. The van der Waals surface area contributed by atoms with Crippen molar-refractivity contribution in [3.63, 3.8) is 0 Å². The second kappa shape index (κ2) is 5.88. The molecule has 0 aliphatic heterocycles. The molecule has 1 unspecified atom stereocenters. The Morgan fingerprint density at radius 1 is 0.800 bits per heavy atom. The predicted molar refractivity (Wildman–Crippen MR) is 74.5 cm³/mol. The van der Waals surface area contributed by atoms with Crippen LogP contribution >= 0.6 is 11.6 Å². The zero-order chi connectivity index (χ0) is 14.9. The standard InChI is InChI=1S/C16H14ClF3/c1-9(2)10-3-5-11(6-4-10)14(17)12-7-8-13(18)16(20)15(12)19/h3-9,14H,1-2H3. The van der Waals surface area contributed by atoms with E-state index in [2.05, 4.69) is 13.8 Å². The van der Waals surface area contributed by atoms with Gasteiger partial charge in [-0.2, -0.15) is 0 Å². The topological polar surface area (TPSA) is 0 Å². The number of halogens is 4. The molecule has 0 radical (unpaired) electrons. The fourth-order valence-corrected chi connectivity index (χ4v) is 2.28. The monoisotopic (exact) mass is 298 g/mol. The SMILES string of the molecule is CC(C)c1ccc(C(Cl)c2ccc(F)c(F)c2F)cc1. The first-order valence-electron chi connectivity index (χ1n) is 6.29. The molecule has 0 heterocycles. The van der Waals surface area contributed by atoms with Gasteiger partial charge < -0.3 is 0 Å². The molecule has 0 bridgehead atoms. The van der Waals surface area contributed by atoms with Gasteiger partial charge in [0, 0.05) is 5.56 Å². The molecule has 1 atom stereocenters. The van der Waals surface area contributed by atoms with E-state index < -0.39 is 22.8 Å².